The highest BCUT2D eigenvalue weighted by molar-refractivity contribution is 7.55. The van der Waals surface area contributed by atoms with Crippen LogP contribution in [0.15, 0.2) is 0 Å². The Labute approximate surface area is 134 Å². The van der Waals surface area contributed by atoms with Gasteiger partial charge in [-0.25, -0.2) is 0 Å². The molecule has 0 heterocycles. The molecule has 0 radical (unpaired) electrons. The molecular weight excluding hydrogens is 307 g/mol. The molecule has 6 nitrogen and oxygen atoms in total. The fourth-order valence-corrected chi connectivity index (χ4v) is 4.31. The summed E-state index contributed by atoms with van der Waals surface area (Å²) in [4.78, 5) is 12.2. The Morgan fingerprint density at radius 3 is 2.09 bits per heavy atom. The van der Waals surface area contributed by atoms with E-state index in [0.29, 0.717) is 0 Å². The van der Waals surface area contributed by atoms with E-state index in [1.54, 1.807) is 20.8 Å². The van der Waals surface area contributed by atoms with Gasteiger partial charge in [0.1, 0.15) is 0 Å². The largest absolute Gasteiger partial charge is 0.465 e. The molecule has 0 rings (SSSR count). The van der Waals surface area contributed by atoms with Gasteiger partial charge in [-0.2, -0.15) is 0 Å². The fourth-order valence-electron chi connectivity index (χ4n) is 2.26. The van der Waals surface area contributed by atoms with Crippen LogP contribution in [0.5, 0.6) is 0 Å². The molecule has 0 spiro atoms. The lowest BCUT2D eigenvalue weighted by molar-refractivity contribution is -0.143. The maximum absolute atomic E-state index is 12.9. The predicted molar refractivity (Wildman–Crippen MR) is 86.0 cm³/mol. The summed E-state index contributed by atoms with van der Waals surface area (Å²) < 4.78 is 28.6. The molecule has 0 fully saturated rings. The molecule has 1 unspecified atom stereocenters. The molecule has 1 N–H and O–H groups in total. The Balaban J connectivity index is 5.23. The van der Waals surface area contributed by atoms with Crippen molar-refractivity contribution in [1.29, 1.82) is 0 Å². The molecule has 7 heteroatoms. The van der Waals surface area contributed by atoms with E-state index >= 15 is 0 Å². The minimum atomic E-state index is -3.60. The lowest BCUT2D eigenvalue weighted by Crippen LogP contribution is -2.29. The first-order chi connectivity index (χ1) is 10.5. The van der Waals surface area contributed by atoms with Crippen molar-refractivity contribution in [2.45, 2.75) is 59.0 Å². The summed E-state index contributed by atoms with van der Waals surface area (Å²) in [5.41, 5.74) is -0.985. The van der Waals surface area contributed by atoms with Crippen molar-refractivity contribution in [3.05, 3.63) is 0 Å². The molecular formula is C15H31O6P. The summed E-state index contributed by atoms with van der Waals surface area (Å²) in [5.74, 6) is -0.703. The summed E-state index contributed by atoms with van der Waals surface area (Å²) in [6, 6.07) is 0. The van der Waals surface area contributed by atoms with Crippen molar-refractivity contribution in [2.75, 3.05) is 26.4 Å². The number of unbranched alkanes of at least 4 members (excludes halogenated alkanes) is 1. The molecule has 22 heavy (non-hydrogen) atoms. The summed E-state index contributed by atoms with van der Waals surface area (Å²) in [5, 5.41) is 9.52. The maximum Gasteiger partial charge on any atom is 0.344 e. The minimum Gasteiger partial charge on any atom is -0.465 e. The Morgan fingerprint density at radius 2 is 1.68 bits per heavy atom. The van der Waals surface area contributed by atoms with Gasteiger partial charge in [-0.15, -0.1) is 0 Å². The molecule has 0 aliphatic heterocycles. The number of carbonyl (C=O) groups is 1. The molecule has 0 aromatic carbocycles. The van der Waals surface area contributed by atoms with E-state index in [2.05, 4.69) is 6.92 Å². The number of ether oxygens (including phenoxy) is 1. The van der Waals surface area contributed by atoms with Crippen LogP contribution in [0.3, 0.4) is 0 Å². The molecule has 0 aromatic rings. The molecule has 0 aliphatic rings. The van der Waals surface area contributed by atoms with E-state index in [0.717, 1.165) is 19.3 Å². The van der Waals surface area contributed by atoms with Crippen LogP contribution in [-0.4, -0.2) is 43.2 Å². The average Bonchev–Trinajstić information content (AvgIpc) is 2.48. The van der Waals surface area contributed by atoms with Crippen LogP contribution < -0.4 is 0 Å². The second-order valence-corrected chi connectivity index (χ2v) is 7.29. The smallest absolute Gasteiger partial charge is 0.344 e. The van der Waals surface area contributed by atoms with Gasteiger partial charge in [-0.1, -0.05) is 19.8 Å². The Kier molecular flexibility index (Phi) is 11.8. The van der Waals surface area contributed by atoms with Crippen LogP contribution in [0.2, 0.25) is 0 Å². The Bertz CT molecular complexity index is 337. The van der Waals surface area contributed by atoms with Gasteiger partial charge in [0.2, 0.25) is 0 Å². The van der Waals surface area contributed by atoms with Gasteiger partial charge in [-0.05, 0) is 39.5 Å². The lowest BCUT2D eigenvalue weighted by atomic mass is 9.97. The SMILES string of the molecule is CCCC[C@@H](CO)CC(C(=O)OCC)P(=O)(OCC)OCC. The molecule has 0 amide bonds. The van der Waals surface area contributed by atoms with Gasteiger partial charge < -0.3 is 18.9 Å². The van der Waals surface area contributed by atoms with Gasteiger partial charge >= 0.3 is 13.6 Å². The molecule has 0 bridgehead atoms. The van der Waals surface area contributed by atoms with Crippen molar-refractivity contribution >= 4 is 13.6 Å². The zero-order valence-electron chi connectivity index (χ0n) is 14.2. The van der Waals surface area contributed by atoms with Crippen molar-refractivity contribution < 1.29 is 28.3 Å². The Hall–Kier alpha value is -0.420. The van der Waals surface area contributed by atoms with Crippen LogP contribution in [0.1, 0.15) is 53.4 Å². The van der Waals surface area contributed by atoms with E-state index < -0.39 is 19.2 Å². The summed E-state index contributed by atoms with van der Waals surface area (Å²) in [6.07, 6.45) is 2.94. The number of esters is 1. The first-order valence-corrected chi connectivity index (χ1v) is 9.76. The second kappa shape index (κ2) is 12.1. The molecule has 0 saturated heterocycles. The normalized spacial score (nSPS) is 14.6. The zero-order chi connectivity index (χ0) is 17.0. The van der Waals surface area contributed by atoms with E-state index in [9.17, 15) is 14.5 Å². The van der Waals surface area contributed by atoms with E-state index in [-0.39, 0.29) is 38.8 Å². The van der Waals surface area contributed by atoms with Crippen LogP contribution in [-0.2, 0) is 23.1 Å². The topological polar surface area (TPSA) is 82.1 Å². The minimum absolute atomic E-state index is 0.0614. The first kappa shape index (κ1) is 21.6. The molecule has 132 valence electrons. The van der Waals surface area contributed by atoms with E-state index in [1.165, 1.54) is 0 Å². The molecule has 0 saturated carbocycles. The van der Waals surface area contributed by atoms with Gasteiger partial charge in [0, 0.05) is 6.61 Å². The van der Waals surface area contributed by atoms with Gasteiger partial charge in [0.05, 0.1) is 19.8 Å². The third kappa shape index (κ3) is 7.23. The van der Waals surface area contributed by atoms with Gasteiger partial charge in [-0.3, -0.25) is 9.36 Å². The third-order valence-corrected chi connectivity index (χ3v) is 5.76. The highest BCUT2D eigenvalue weighted by atomic mass is 31.2. The predicted octanol–water partition coefficient (Wildman–Crippen LogP) is 3.37. The van der Waals surface area contributed by atoms with E-state index in [4.69, 9.17) is 13.8 Å². The number of aliphatic hydroxyl groups excluding tert-OH is 1. The first-order valence-electron chi connectivity index (χ1n) is 8.15. The summed E-state index contributed by atoms with van der Waals surface area (Å²) in [6.45, 7) is 7.67. The quantitative estimate of drug-likeness (QED) is 0.409. The third-order valence-electron chi connectivity index (χ3n) is 3.34. The van der Waals surface area contributed by atoms with Crippen molar-refractivity contribution in [2.24, 2.45) is 5.92 Å². The summed E-state index contributed by atoms with van der Waals surface area (Å²) in [7, 11) is -3.60. The standard InChI is InChI=1S/C15H31O6P/c1-5-9-10-13(12-16)11-14(15(17)19-6-2)22(18,20-7-3)21-8-4/h13-14,16H,5-12H2,1-4H3/t13-,14?/m1/s1. The fraction of sp³-hybridized carbons (Fsp3) is 0.933. The zero-order valence-corrected chi connectivity index (χ0v) is 15.1. The van der Waals surface area contributed by atoms with Crippen LogP contribution in [0.4, 0.5) is 0 Å². The van der Waals surface area contributed by atoms with Crippen molar-refractivity contribution in [1.82, 2.24) is 0 Å². The van der Waals surface area contributed by atoms with Crippen molar-refractivity contribution in [3.8, 4) is 0 Å². The molecule has 0 aliphatic carbocycles. The molecule has 2 atom stereocenters. The highest BCUT2D eigenvalue weighted by Gasteiger charge is 2.43. The number of aliphatic hydroxyl groups is 1. The van der Waals surface area contributed by atoms with Crippen LogP contribution >= 0.6 is 7.60 Å². The second-order valence-electron chi connectivity index (χ2n) is 5.07. The molecule has 0 aromatic heterocycles. The number of hydrogen-bond acceptors (Lipinski definition) is 6. The van der Waals surface area contributed by atoms with Crippen molar-refractivity contribution in [3.63, 3.8) is 0 Å². The lowest BCUT2D eigenvalue weighted by Gasteiger charge is -2.27. The number of hydrogen-bond donors (Lipinski definition) is 1. The Morgan fingerprint density at radius 1 is 1.09 bits per heavy atom. The van der Waals surface area contributed by atoms with Gasteiger partial charge in [0.25, 0.3) is 0 Å². The van der Waals surface area contributed by atoms with Crippen LogP contribution in [0.25, 0.3) is 0 Å². The number of carbonyl (C=O) groups excluding carboxylic acids is 1. The van der Waals surface area contributed by atoms with Crippen LogP contribution in [0, 0.1) is 5.92 Å². The maximum atomic E-state index is 12.9. The van der Waals surface area contributed by atoms with Gasteiger partial charge in [0.15, 0.2) is 5.66 Å². The highest BCUT2D eigenvalue weighted by Crippen LogP contribution is 2.55. The average molecular weight is 338 g/mol. The number of rotatable bonds is 13. The van der Waals surface area contributed by atoms with E-state index in [1.807, 2.05) is 0 Å². The summed E-state index contributed by atoms with van der Waals surface area (Å²) >= 11 is 0. The monoisotopic (exact) mass is 338 g/mol.